The minimum atomic E-state index is 0.513. The van der Waals surface area contributed by atoms with Gasteiger partial charge in [-0.25, -0.2) is 4.98 Å². The maximum atomic E-state index is 5.89. The fourth-order valence-corrected chi connectivity index (χ4v) is 2.08. The summed E-state index contributed by atoms with van der Waals surface area (Å²) in [5.74, 6) is 0.591. The molecule has 0 aliphatic heterocycles. The molecule has 0 unspecified atom stereocenters. The van der Waals surface area contributed by atoms with Gasteiger partial charge < -0.3 is 11.1 Å². The van der Waals surface area contributed by atoms with Crippen LogP contribution in [0.15, 0.2) is 48.9 Å². The summed E-state index contributed by atoms with van der Waals surface area (Å²) in [5, 5.41) is 5.86. The van der Waals surface area contributed by atoms with Crippen molar-refractivity contribution in [3.8, 4) is 0 Å². The second-order valence-electron chi connectivity index (χ2n) is 4.12. The fourth-order valence-electron chi connectivity index (χ4n) is 1.92. The van der Waals surface area contributed by atoms with Crippen molar-refractivity contribution >= 4 is 39.6 Å². The van der Waals surface area contributed by atoms with Gasteiger partial charge in [-0.05, 0) is 18.2 Å². The van der Waals surface area contributed by atoms with E-state index in [1.54, 1.807) is 18.5 Å². The minimum Gasteiger partial charge on any atom is -0.396 e. The third kappa shape index (κ3) is 2.30. The Balaban J connectivity index is 2.06. The number of nitrogen functional groups attached to an aromatic ring is 1. The van der Waals surface area contributed by atoms with Crippen molar-refractivity contribution < 1.29 is 0 Å². The number of aromatic nitrogens is 2. The molecule has 2 heterocycles. The number of fused-ring (bicyclic) bond motifs is 1. The lowest BCUT2D eigenvalue weighted by Gasteiger charge is -2.10. The predicted molar refractivity (Wildman–Crippen MR) is 78.7 cm³/mol. The monoisotopic (exact) mass is 270 g/mol. The zero-order valence-electron chi connectivity index (χ0n) is 9.97. The highest BCUT2D eigenvalue weighted by molar-refractivity contribution is 6.30. The van der Waals surface area contributed by atoms with Crippen LogP contribution in [0, 0.1) is 0 Å². The van der Waals surface area contributed by atoms with Crippen molar-refractivity contribution in [3.05, 3.63) is 53.9 Å². The Labute approximate surface area is 115 Å². The Bertz CT molecular complexity index is 737. The van der Waals surface area contributed by atoms with Crippen LogP contribution < -0.4 is 11.1 Å². The van der Waals surface area contributed by atoms with Gasteiger partial charge in [-0.1, -0.05) is 23.7 Å². The zero-order chi connectivity index (χ0) is 13.2. The summed E-state index contributed by atoms with van der Waals surface area (Å²) in [7, 11) is 0. The van der Waals surface area contributed by atoms with Gasteiger partial charge in [0.2, 0.25) is 0 Å². The van der Waals surface area contributed by atoms with Crippen LogP contribution in [-0.2, 0) is 0 Å². The van der Waals surface area contributed by atoms with Crippen LogP contribution in [-0.4, -0.2) is 9.97 Å². The fraction of sp³-hybridized carbons (Fsp3) is 0. The summed E-state index contributed by atoms with van der Waals surface area (Å²) in [5.41, 5.74) is 7.34. The van der Waals surface area contributed by atoms with E-state index in [1.807, 2.05) is 30.5 Å². The largest absolute Gasteiger partial charge is 0.396 e. The standard InChI is InChI=1S/C14H11ClN4/c15-10-6-12(16)14(18-8-10)19-13-3-1-2-9-7-17-5-4-11(9)13/h1-8H,16H2,(H,18,19). The van der Waals surface area contributed by atoms with Crippen LogP contribution in [0.2, 0.25) is 5.02 Å². The molecule has 0 amide bonds. The molecule has 0 saturated carbocycles. The number of anilines is 3. The molecule has 0 aliphatic carbocycles. The van der Waals surface area contributed by atoms with Crippen LogP contribution in [0.5, 0.6) is 0 Å². The van der Waals surface area contributed by atoms with Gasteiger partial charge in [0.25, 0.3) is 0 Å². The van der Waals surface area contributed by atoms with E-state index in [0.29, 0.717) is 16.5 Å². The van der Waals surface area contributed by atoms with E-state index in [-0.39, 0.29) is 0 Å². The third-order valence-electron chi connectivity index (χ3n) is 2.82. The van der Waals surface area contributed by atoms with Gasteiger partial charge in [0.15, 0.2) is 5.82 Å². The Kier molecular flexibility index (Phi) is 2.93. The van der Waals surface area contributed by atoms with Crippen molar-refractivity contribution in [2.75, 3.05) is 11.1 Å². The van der Waals surface area contributed by atoms with Gasteiger partial charge >= 0.3 is 0 Å². The third-order valence-corrected chi connectivity index (χ3v) is 3.02. The van der Waals surface area contributed by atoms with Crippen LogP contribution in [0.1, 0.15) is 0 Å². The maximum Gasteiger partial charge on any atom is 0.153 e. The van der Waals surface area contributed by atoms with Crippen LogP contribution in [0.3, 0.4) is 0 Å². The first-order valence-corrected chi connectivity index (χ1v) is 6.12. The molecule has 94 valence electrons. The van der Waals surface area contributed by atoms with Crippen LogP contribution in [0.4, 0.5) is 17.2 Å². The smallest absolute Gasteiger partial charge is 0.153 e. The SMILES string of the molecule is Nc1cc(Cl)cnc1Nc1cccc2cnccc12. The summed E-state index contributed by atoms with van der Waals surface area (Å²) in [4.78, 5) is 8.30. The average Bonchev–Trinajstić information content (AvgIpc) is 2.42. The Morgan fingerprint density at radius 2 is 2.05 bits per heavy atom. The van der Waals surface area contributed by atoms with Crippen LogP contribution in [0.25, 0.3) is 10.8 Å². The lowest BCUT2D eigenvalue weighted by molar-refractivity contribution is 1.31. The molecule has 2 aromatic heterocycles. The number of halogens is 1. The molecule has 0 bridgehead atoms. The van der Waals surface area contributed by atoms with E-state index in [1.165, 1.54) is 0 Å². The summed E-state index contributed by atoms with van der Waals surface area (Å²) >= 11 is 5.84. The van der Waals surface area contributed by atoms with E-state index in [4.69, 9.17) is 17.3 Å². The molecule has 4 nitrogen and oxygen atoms in total. The van der Waals surface area contributed by atoms with Crippen molar-refractivity contribution in [1.82, 2.24) is 9.97 Å². The van der Waals surface area contributed by atoms with E-state index in [9.17, 15) is 0 Å². The highest BCUT2D eigenvalue weighted by Gasteiger charge is 2.05. The molecule has 0 fully saturated rings. The van der Waals surface area contributed by atoms with E-state index < -0.39 is 0 Å². The Hall–Kier alpha value is -2.33. The van der Waals surface area contributed by atoms with Gasteiger partial charge in [-0.2, -0.15) is 0 Å². The van der Waals surface area contributed by atoms with Crippen molar-refractivity contribution in [2.24, 2.45) is 0 Å². The first kappa shape index (κ1) is 11.7. The number of pyridine rings is 2. The van der Waals surface area contributed by atoms with Gasteiger partial charge in [-0.3, -0.25) is 4.98 Å². The highest BCUT2D eigenvalue weighted by atomic mass is 35.5. The molecule has 19 heavy (non-hydrogen) atoms. The van der Waals surface area contributed by atoms with Gasteiger partial charge in [-0.15, -0.1) is 0 Å². The number of hydrogen-bond donors (Lipinski definition) is 2. The molecule has 0 atom stereocenters. The Morgan fingerprint density at radius 1 is 1.16 bits per heavy atom. The van der Waals surface area contributed by atoms with Gasteiger partial charge in [0.05, 0.1) is 10.7 Å². The first-order valence-electron chi connectivity index (χ1n) is 5.75. The maximum absolute atomic E-state index is 5.89. The quantitative estimate of drug-likeness (QED) is 0.747. The molecule has 0 saturated heterocycles. The normalized spacial score (nSPS) is 10.6. The number of rotatable bonds is 2. The van der Waals surface area contributed by atoms with Crippen molar-refractivity contribution in [3.63, 3.8) is 0 Å². The summed E-state index contributed by atoms with van der Waals surface area (Å²) in [6, 6.07) is 9.55. The van der Waals surface area contributed by atoms with E-state index >= 15 is 0 Å². The molecule has 0 aliphatic rings. The number of nitrogens with two attached hydrogens (primary N) is 1. The van der Waals surface area contributed by atoms with Gasteiger partial charge in [0, 0.05) is 35.1 Å². The predicted octanol–water partition coefficient (Wildman–Crippen LogP) is 3.61. The summed E-state index contributed by atoms with van der Waals surface area (Å²) in [6.07, 6.45) is 5.14. The molecule has 1 aromatic carbocycles. The molecule has 3 aromatic rings. The average molecular weight is 271 g/mol. The van der Waals surface area contributed by atoms with E-state index in [2.05, 4.69) is 15.3 Å². The summed E-state index contributed by atoms with van der Waals surface area (Å²) in [6.45, 7) is 0. The first-order chi connectivity index (χ1) is 9.24. The Morgan fingerprint density at radius 3 is 2.89 bits per heavy atom. The van der Waals surface area contributed by atoms with Crippen molar-refractivity contribution in [2.45, 2.75) is 0 Å². The number of nitrogens with zero attached hydrogens (tertiary/aromatic N) is 2. The lowest BCUT2D eigenvalue weighted by Crippen LogP contribution is -1.99. The highest BCUT2D eigenvalue weighted by Crippen LogP contribution is 2.28. The molecule has 0 spiro atoms. The molecular weight excluding hydrogens is 260 g/mol. The molecule has 0 radical (unpaired) electrons. The number of benzene rings is 1. The summed E-state index contributed by atoms with van der Waals surface area (Å²) < 4.78 is 0. The second-order valence-corrected chi connectivity index (χ2v) is 4.56. The number of hydrogen-bond acceptors (Lipinski definition) is 4. The van der Waals surface area contributed by atoms with E-state index in [0.717, 1.165) is 16.5 Å². The molecule has 3 N–H and O–H groups in total. The second kappa shape index (κ2) is 4.74. The van der Waals surface area contributed by atoms with Crippen molar-refractivity contribution in [1.29, 1.82) is 0 Å². The topological polar surface area (TPSA) is 63.8 Å². The zero-order valence-corrected chi connectivity index (χ0v) is 10.7. The van der Waals surface area contributed by atoms with Crippen LogP contribution >= 0.6 is 11.6 Å². The molecule has 5 heteroatoms. The lowest BCUT2D eigenvalue weighted by atomic mass is 10.1. The molecular formula is C14H11ClN4. The van der Waals surface area contributed by atoms with Gasteiger partial charge in [0.1, 0.15) is 0 Å². The molecule has 3 rings (SSSR count). The number of nitrogens with one attached hydrogen (secondary N) is 1. The minimum absolute atomic E-state index is 0.513.